The number of carboxylic acid groups (broad SMARTS) is 1. The van der Waals surface area contributed by atoms with E-state index in [0.29, 0.717) is 6.42 Å². The highest BCUT2D eigenvalue weighted by Crippen LogP contribution is 2.21. The van der Waals surface area contributed by atoms with Crippen LogP contribution in [0.3, 0.4) is 0 Å². The average Bonchev–Trinajstić information content (AvgIpc) is 2.15. The van der Waals surface area contributed by atoms with Crippen molar-refractivity contribution in [3.8, 4) is 0 Å². The minimum absolute atomic E-state index is 0.170. The van der Waals surface area contributed by atoms with E-state index in [9.17, 15) is 4.79 Å². The molecule has 5 heteroatoms. The summed E-state index contributed by atoms with van der Waals surface area (Å²) in [6.45, 7) is 0.836. The van der Waals surface area contributed by atoms with Gasteiger partial charge in [0.2, 0.25) is 0 Å². The molecule has 1 aliphatic rings. The number of aliphatic carboxylic acids is 1. The second-order valence-electron chi connectivity index (χ2n) is 4.00. The quantitative estimate of drug-likeness (QED) is 0.608. The number of carboxylic acids is 1. The molecule has 0 radical (unpaired) electrons. The molecule has 0 unspecified atom stereocenters. The first kappa shape index (κ1) is 11.1. The Morgan fingerprint density at radius 2 is 2.36 bits per heavy atom. The largest absolute Gasteiger partial charge is 0.481 e. The number of allylic oxidation sites excluding steroid dienone is 1. The Morgan fingerprint density at radius 1 is 1.64 bits per heavy atom. The first-order chi connectivity index (χ1) is 6.61. The molecule has 0 aromatic carbocycles. The zero-order chi connectivity index (χ0) is 10.6. The van der Waals surface area contributed by atoms with Crippen molar-refractivity contribution in [2.24, 2.45) is 10.9 Å². The van der Waals surface area contributed by atoms with Gasteiger partial charge in [0, 0.05) is 18.7 Å². The average molecular weight is 191 g/mol. The minimum Gasteiger partial charge on any atom is -0.481 e. The summed E-state index contributed by atoms with van der Waals surface area (Å²) in [6, 6.07) is 0. The van der Waals surface area contributed by atoms with Crippen molar-refractivity contribution in [3.05, 3.63) is 11.6 Å². The van der Waals surface area contributed by atoms with Gasteiger partial charge in [-0.15, -0.1) is 0 Å². The maximum absolute atomic E-state index is 10.9. The molecule has 1 atom stereocenters. The van der Waals surface area contributed by atoms with Gasteiger partial charge < -0.3 is 5.11 Å². The number of carbonyl (C=O) groups is 1. The van der Waals surface area contributed by atoms with Crippen LogP contribution >= 0.6 is 0 Å². The zero-order valence-electron chi connectivity index (χ0n) is 8.73. The van der Waals surface area contributed by atoms with E-state index in [4.69, 9.17) is 5.11 Å². The predicted molar refractivity (Wildman–Crippen MR) is 62.6 cm³/mol. The molecule has 0 spiro atoms. The number of dihydropyridines is 1. The Hall–Kier alpha value is -0.990. The molecule has 1 heterocycles. The Kier molecular flexibility index (Phi) is 3.98. The van der Waals surface area contributed by atoms with Crippen molar-refractivity contribution < 1.29 is 9.90 Å². The summed E-state index contributed by atoms with van der Waals surface area (Å²) in [4.78, 5) is 15.1. The van der Waals surface area contributed by atoms with E-state index in [1.165, 1.54) is 0 Å². The zero-order valence-corrected chi connectivity index (χ0v) is 8.73. The lowest BCUT2D eigenvalue weighted by molar-refractivity contribution is -0.141. The monoisotopic (exact) mass is 191 g/mol. The van der Waals surface area contributed by atoms with Gasteiger partial charge >= 0.3 is 5.97 Å². The SMILES string of the molecule is BC(B)[C@H](CC1=CCCN=C1)C(=O)O. The van der Waals surface area contributed by atoms with E-state index in [1.807, 2.05) is 21.9 Å². The normalized spacial score (nSPS) is 17.9. The van der Waals surface area contributed by atoms with Gasteiger partial charge in [-0.05, 0) is 18.4 Å². The molecule has 0 aliphatic carbocycles. The van der Waals surface area contributed by atoms with Gasteiger partial charge in [0.25, 0.3) is 0 Å². The van der Waals surface area contributed by atoms with Crippen LogP contribution in [0, 0.1) is 5.92 Å². The lowest BCUT2D eigenvalue weighted by Gasteiger charge is -2.17. The predicted octanol–water partition coefficient (Wildman–Crippen LogP) is -0.510. The molecule has 0 aromatic heterocycles. The molecular formula is C9H15B2NO2. The summed E-state index contributed by atoms with van der Waals surface area (Å²) < 4.78 is 0. The lowest BCUT2D eigenvalue weighted by atomic mass is 9.62. The van der Waals surface area contributed by atoms with Gasteiger partial charge in [0.15, 0.2) is 0 Å². The van der Waals surface area contributed by atoms with Gasteiger partial charge in [0.05, 0.1) is 15.7 Å². The van der Waals surface area contributed by atoms with Crippen LogP contribution in [0.25, 0.3) is 0 Å². The third-order valence-electron chi connectivity index (χ3n) is 2.50. The van der Waals surface area contributed by atoms with Crippen LogP contribution in [0.4, 0.5) is 0 Å². The van der Waals surface area contributed by atoms with Crippen LogP contribution in [-0.2, 0) is 4.79 Å². The van der Waals surface area contributed by atoms with Crippen LogP contribution in [0.2, 0.25) is 5.72 Å². The number of aliphatic imine (C=N–C) groups is 1. The highest BCUT2D eigenvalue weighted by molar-refractivity contribution is 6.36. The van der Waals surface area contributed by atoms with Crippen molar-refractivity contribution in [3.63, 3.8) is 0 Å². The Morgan fingerprint density at radius 3 is 2.79 bits per heavy atom. The van der Waals surface area contributed by atoms with Gasteiger partial charge in [-0.25, -0.2) is 0 Å². The van der Waals surface area contributed by atoms with Crippen molar-refractivity contribution >= 4 is 27.9 Å². The molecule has 74 valence electrons. The highest BCUT2D eigenvalue weighted by Gasteiger charge is 2.22. The molecular weight excluding hydrogens is 176 g/mol. The van der Waals surface area contributed by atoms with E-state index in [1.54, 1.807) is 0 Å². The molecule has 0 fully saturated rings. The van der Waals surface area contributed by atoms with Crippen molar-refractivity contribution in [2.45, 2.75) is 18.6 Å². The second-order valence-corrected chi connectivity index (χ2v) is 4.00. The maximum Gasteiger partial charge on any atom is 0.305 e. The molecule has 1 rings (SSSR count). The molecule has 1 N–H and O–H groups in total. The molecule has 0 saturated heterocycles. The maximum atomic E-state index is 10.9. The van der Waals surface area contributed by atoms with Crippen LogP contribution in [0.1, 0.15) is 12.8 Å². The second kappa shape index (κ2) is 5.03. The lowest BCUT2D eigenvalue weighted by Crippen LogP contribution is -2.21. The molecule has 0 saturated carbocycles. The van der Waals surface area contributed by atoms with E-state index in [2.05, 4.69) is 11.1 Å². The Bertz CT molecular complexity index is 274. The summed E-state index contributed by atoms with van der Waals surface area (Å²) in [5.74, 6) is -0.995. The van der Waals surface area contributed by atoms with Crippen molar-refractivity contribution in [2.75, 3.05) is 6.54 Å². The third kappa shape index (κ3) is 3.05. The summed E-state index contributed by atoms with van der Waals surface area (Å²) >= 11 is 0. The van der Waals surface area contributed by atoms with Gasteiger partial charge in [0.1, 0.15) is 0 Å². The smallest absolute Gasteiger partial charge is 0.305 e. The summed E-state index contributed by atoms with van der Waals surface area (Å²) in [5, 5.41) is 9.00. The first-order valence-corrected chi connectivity index (χ1v) is 5.03. The van der Waals surface area contributed by atoms with Gasteiger partial charge in [-0.2, -0.15) is 0 Å². The van der Waals surface area contributed by atoms with E-state index in [-0.39, 0.29) is 11.6 Å². The minimum atomic E-state index is -0.708. The van der Waals surface area contributed by atoms with Gasteiger partial charge in [-0.3, -0.25) is 9.79 Å². The molecule has 1 aliphatic heterocycles. The van der Waals surface area contributed by atoms with Gasteiger partial charge in [-0.1, -0.05) is 11.8 Å². The molecule has 14 heavy (non-hydrogen) atoms. The van der Waals surface area contributed by atoms with E-state index < -0.39 is 5.97 Å². The summed E-state index contributed by atoms with van der Waals surface area (Å²) in [6.07, 6.45) is 5.44. The number of hydrogen-bond donors (Lipinski definition) is 1. The van der Waals surface area contributed by atoms with E-state index >= 15 is 0 Å². The number of nitrogens with zero attached hydrogens (tertiary/aromatic N) is 1. The fourth-order valence-corrected chi connectivity index (χ4v) is 1.56. The van der Waals surface area contributed by atoms with Crippen LogP contribution in [0.5, 0.6) is 0 Å². The topological polar surface area (TPSA) is 49.7 Å². The fraction of sp³-hybridized carbons (Fsp3) is 0.556. The summed E-state index contributed by atoms with van der Waals surface area (Å²) in [7, 11) is 3.89. The van der Waals surface area contributed by atoms with Crippen molar-refractivity contribution in [1.82, 2.24) is 0 Å². The van der Waals surface area contributed by atoms with Crippen LogP contribution < -0.4 is 0 Å². The van der Waals surface area contributed by atoms with Crippen molar-refractivity contribution in [1.29, 1.82) is 0 Å². The van der Waals surface area contributed by atoms with E-state index in [0.717, 1.165) is 18.5 Å². The molecule has 0 bridgehead atoms. The Balaban J connectivity index is 2.59. The number of rotatable bonds is 4. The summed E-state index contributed by atoms with van der Waals surface area (Å²) in [5.41, 5.74) is 1.24. The first-order valence-electron chi connectivity index (χ1n) is 5.03. The third-order valence-corrected chi connectivity index (χ3v) is 2.50. The Labute approximate surface area is 86.1 Å². The number of hydrogen-bond acceptors (Lipinski definition) is 2. The fourth-order valence-electron chi connectivity index (χ4n) is 1.56. The standard InChI is InChI=1S/C9H15B2NO2/c10-8(11)7(9(13)14)4-6-2-1-3-12-5-6/h2,5,7-8H,1,3-4,10-11H2,(H,13,14)/t7-/m0/s1. The van der Waals surface area contributed by atoms with Crippen LogP contribution in [0.15, 0.2) is 16.6 Å². The molecule has 3 nitrogen and oxygen atoms in total. The van der Waals surface area contributed by atoms with Crippen LogP contribution in [-0.4, -0.2) is 39.5 Å². The molecule has 0 amide bonds. The molecule has 0 aromatic rings. The highest BCUT2D eigenvalue weighted by atomic mass is 16.4.